The number of ether oxygens (including phenoxy) is 2. The summed E-state index contributed by atoms with van der Waals surface area (Å²) in [6.07, 6.45) is 5.82. The topological polar surface area (TPSA) is 200 Å². The molecule has 16 nitrogen and oxygen atoms in total. The number of hydrogen-bond acceptors (Lipinski definition) is 12. The van der Waals surface area contributed by atoms with Gasteiger partial charge < -0.3 is 20.9 Å². The van der Waals surface area contributed by atoms with Crippen molar-refractivity contribution in [2.24, 2.45) is 5.41 Å². The van der Waals surface area contributed by atoms with E-state index in [0.29, 0.717) is 50.4 Å². The molecule has 0 spiro atoms. The van der Waals surface area contributed by atoms with Gasteiger partial charge in [0.2, 0.25) is 17.7 Å². The molecule has 0 radical (unpaired) electrons. The third-order valence-corrected chi connectivity index (χ3v) is 23.8. The fraction of sp³-hybridized carbons (Fsp3) is 0.654. The van der Waals surface area contributed by atoms with Crippen LogP contribution in [0.5, 0.6) is 0 Å². The Bertz CT molecular complexity index is 2160. The Kier molecular flexibility index (Phi) is 20.1. The summed E-state index contributed by atoms with van der Waals surface area (Å²) in [7, 11) is 3.40. The van der Waals surface area contributed by atoms with Gasteiger partial charge in [0.05, 0.1) is 24.1 Å². The number of rotatable bonds is 23. The molecule has 8 atom stereocenters. The van der Waals surface area contributed by atoms with Gasteiger partial charge in [-0.2, -0.15) is 0 Å². The van der Waals surface area contributed by atoms with Crippen LogP contribution in [0.1, 0.15) is 123 Å². The predicted octanol–water partition coefficient (Wildman–Crippen LogP) is 6.45. The van der Waals surface area contributed by atoms with Crippen LogP contribution in [0.15, 0.2) is 60.7 Å². The Morgan fingerprint density at radius 2 is 1.41 bits per heavy atom. The number of nitrogens with zero attached hydrogens (tertiary/aromatic N) is 2. The molecule has 4 fully saturated rings. The molecule has 0 aromatic heterocycles. The van der Waals surface area contributed by atoms with Crippen molar-refractivity contribution in [2.45, 2.75) is 149 Å². The molecule has 0 saturated carbocycles. The number of likely N-dealkylation sites (N-methyl/N-ethyl adjacent to an activating group) is 2. The van der Waals surface area contributed by atoms with Crippen molar-refractivity contribution in [3.05, 3.63) is 71.8 Å². The Balaban J connectivity index is 0.994. The van der Waals surface area contributed by atoms with Crippen molar-refractivity contribution in [1.82, 2.24) is 39.9 Å². The molecule has 2 aromatic rings. The van der Waals surface area contributed by atoms with Crippen molar-refractivity contribution < 1.29 is 38.2 Å². The molecule has 6 N–H and O–H groups in total. The van der Waals surface area contributed by atoms with Crippen molar-refractivity contribution >= 4 is 77.1 Å². The van der Waals surface area contributed by atoms with Crippen LogP contribution in [0.25, 0.3) is 0 Å². The molecule has 71 heavy (non-hydrogen) atoms. The number of carbonyl (C=O) groups excluding carboxylic acids is 6. The van der Waals surface area contributed by atoms with Gasteiger partial charge in [0.25, 0.3) is 0 Å². The van der Waals surface area contributed by atoms with Crippen LogP contribution in [0.4, 0.5) is 4.79 Å². The van der Waals surface area contributed by atoms with Crippen LogP contribution in [0, 0.1) is 5.41 Å². The zero-order valence-electron chi connectivity index (χ0n) is 43.2. The van der Waals surface area contributed by atoms with Crippen LogP contribution in [-0.4, -0.2) is 137 Å². The van der Waals surface area contributed by atoms with Gasteiger partial charge in [-0.3, -0.25) is 14.4 Å². The summed E-state index contributed by atoms with van der Waals surface area (Å²) in [5.74, 6) is 0.257. The number of carbonyl (C=O) groups is 6. The van der Waals surface area contributed by atoms with Crippen LogP contribution in [0.2, 0.25) is 0 Å². The Labute approximate surface area is 437 Å². The van der Waals surface area contributed by atoms with E-state index in [4.69, 9.17) is 9.47 Å². The molecule has 4 saturated heterocycles. The Morgan fingerprint density at radius 1 is 0.817 bits per heavy atom. The first-order chi connectivity index (χ1) is 33.7. The second-order valence-corrected chi connectivity index (χ2v) is 30.1. The number of thioether (sulfide) groups is 2. The van der Waals surface area contributed by atoms with Gasteiger partial charge in [-0.25, -0.2) is 0 Å². The molecular weight excluding hydrogens is 1060 g/mol. The molecule has 4 aliphatic rings. The minimum absolute atomic E-state index is 0.0851. The normalized spacial score (nSPS) is 26.5. The number of unbranched alkanes of at least 4 members (excludes halogenated alkanes) is 3. The van der Waals surface area contributed by atoms with Crippen LogP contribution < -0.4 is 31.9 Å². The number of amides is 6. The van der Waals surface area contributed by atoms with E-state index in [9.17, 15) is 28.8 Å². The summed E-state index contributed by atoms with van der Waals surface area (Å²) < 4.78 is 13.9. The quantitative estimate of drug-likeness (QED) is 0.0178. The second kappa shape index (κ2) is 25.2. The van der Waals surface area contributed by atoms with E-state index in [1.165, 1.54) is 0 Å². The molecule has 0 bridgehead atoms. The van der Waals surface area contributed by atoms with E-state index in [0.717, 1.165) is 36.8 Å². The fourth-order valence-corrected chi connectivity index (χ4v) is 21.3. The van der Waals surface area contributed by atoms with E-state index in [1.54, 1.807) is 56.4 Å². The SMILES string of the molecule is CNCC(=O)N[C@H]1CCS[C@@]2(C)CC(C)(C)I(C(=O)N[C@H](COCCCCCCOC[C@@H](NC(=O)[C@H]3N4C(=O)[C@](C)(NC(=O)[C@H](C)NC)CCS[C@H]4CC3(C)C)c3ccccc3)c3ccccc3)N2C1=O. The first kappa shape index (κ1) is 56.8. The summed E-state index contributed by atoms with van der Waals surface area (Å²) in [4.78, 5) is 84.5. The molecule has 394 valence electrons. The Hall–Kier alpha value is -3.47. The average molecular weight is 1140 g/mol. The maximum absolute atomic E-state index is 14.5. The third-order valence-electron chi connectivity index (χ3n) is 14.0. The van der Waals surface area contributed by atoms with E-state index < -0.39 is 66.1 Å². The van der Waals surface area contributed by atoms with E-state index in [1.807, 2.05) is 77.6 Å². The van der Waals surface area contributed by atoms with Gasteiger partial charge in [-0.1, -0.05) is 44.2 Å². The monoisotopic (exact) mass is 1130 g/mol. The zero-order valence-corrected chi connectivity index (χ0v) is 47.0. The first-order valence-electron chi connectivity index (χ1n) is 25.2. The molecule has 4 heterocycles. The van der Waals surface area contributed by atoms with Crippen molar-refractivity contribution in [3.8, 4) is 0 Å². The Morgan fingerprint density at radius 3 is 1.99 bits per heavy atom. The van der Waals surface area contributed by atoms with Crippen LogP contribution in [-0.2, 0) is 33.4 Å². The van der Waals surface area contributed by atoms with Crippen LogP contribution >= 0.6 is 43.6 Å². The van der Waals surface area contributed by atoms with Crippen molar-refractivity contribution in [3.63, 3.8) is 0 Å². The molecule has 0 unspecified atom stereocenters. The van der Waals surface area contributed by atoms with Gasteiger partial charge in [0, 0.05) is 0 Å². The maximum atomic E-state index is 14.5. The van der Waals surface area contributed by atoms with Crippen molar-refractivity contribution in [1.29, 1.82) is 0 Å². The number of hydrogen-bond donors (Lipinski definition) is 6. The molecule has 6 rings (SSSR count). The van der Waals surface area contributed by atoms with Gasteiger partial charge >= 0.3 is 245 Å². The van der Waals surface area contributed by atoms with Crippen molar-refractivity contribution in [2.75, 3.05) is 58.6 Å². The fourth-order valence-electron chi connectivity index (χ4n) is 10.2. The molecule has 6 amide bonds. The van der Waals surface area contributed by atoms with Gasteiger partial charge in [-0.15, -0.1) is 11.8 Å². The summed E-state index contributed by atoms with van der Waals surface area (Å²) in [6.45, 7) is 15.6. The molecule has 19 heteroatoms. The van der Waals surface area contributed by atoms with Crippen LogP contribution in [0.3, 0.4) is 0 Å². The number of halogens is 1. The zero-order chi connectivity index (χ0) is 51.6. The number of alkyl halides is 1. The summed E-state index contributed by atoms with van der Waals surface area (Å²) in [5, 5.41) is 18.2. The molecule has 2 aromatic carbocycles. The summed E-state index contributed by atoms with van der Waals surface area (Å²) in [5.41, 5.74) is 0.184. The standard InChI is InChI=1S/C52H79IN8O8S2/c1-35(55-9)44(63)59-51(6)25-29-70-42-30-49(2,3)43(60(42)47(51)66)45(64)57-39(36-20-14-12-15-21-36)32-68-26-18-10-11-19-27-69-33-40(37-22-16-13-17-23-37)58-48(67)53-50(4,5)34-52(7)61(53)46(65)38(24-28-71-52)56-41(62)31-54-8/h12-17,20-23,35,38-40,42-43,54-55H,10-11,18-19,24-34H2,1-9H3,(H,56,62)(H,57,64)(H,58,67)(H,59,63)/t35-,38-,39+,40+,42-,43+,51+,52-/m0/s1. The average Bonchev–Trinajstić information content (AvgIpc) is 3.64. The molecular formula is C52H79IN8O8S2. The van der Waals surface area contributed by atoms with Gasteiger partial charge in [0.15, 0.2) is 0 Å². The first-order valence-corrected chi connectivity index (χ1v) is 30.3. The van der Waals surface area contributed by atoms with Gasteiger partial charge in [0.1, 0.15) is 11.6 Å². The van der Waals surface area contributed by atoms with E-state index in [-0.39, 0.29) is 62.0 Å². The minimum atomic E-state index is -2.90. The number of nitrogens with one attached hydrogen (secondary N) is 6. The third kappa shape index (κ3) is 14.0. The number of fused-ring (bicyclic) bond motifs is 2. The molecule has 4 aliphatic heterocycles. The number of benzene rings is 2. The summed E-state index contributed by atoms with van der Waals surface area (Å²) in [6, 6.07) is 16.8. The van der Waals surface area contributed by atoms with E-state index in [2.05, 4.69) is 52.7 Å². The second-order valence-electron chi connectivity index (χ2n) is 20.9. The predicted molar refractivity (Wildman–Crippen MR) is 291 cm³/mol. The van der Waals surface area contributed by atoms with E-state index >= 15 is 0 Å². The van der Waals surface area contributed by atoms with Gasteiger partial charge in [-0.05, 0) is 50.5 Å². The molecule has 0 aliphatic carbocycles. The summed E-state index contributed by atoms with van der Waals surface area (Å²) >= 11 is 0.478.